The van der Waals surface area contributed by atoms with Crippen LogP contribution in [0.5, 0.6) is 0 Å². The molecule has 6 nitrogen and oxygen atoms in total. The minimum absolute atomic E-state index is 0. The molecule has 29 heavy (non-hydrogen) atoms. The molecule has 0 unspecified atom stereocenters. The first kappa shape index (κ1) is 28.2. The second-order valence-corrected chi connectivity index (χ2v) is 7.55. The largest absolute Gasteiger partial charge is 1.00 e. The molecule has 0 bridgehead atoms. The number of aromatic nitrogens is 2. The van der Waals surface area contributed by atoms with E-state index in [9.17, 15) is 0 Å². The molecule has 0 N–H and O–H groups in total. The van der Waals surface area contributed by atoms with Gasteiger partial charge >= 0.3 is 5.95 Å². The summed E-state index contributed by atoms with van der Waals surface area (Å²) in [4.78, 5) is 2.45. The molecule has 0 fully saturated rings. The van der Waals surface area contributed by atoms with E-state index in [-0.39, 0.29) is 48.0 Å². The van der Waals surface area contributed by atoms with E-state index in [0.717, 1.165) is 41.3 Å². The first-order chi connectivity index (χ1) is 12.8. The Kier molecular flexibility index (Phi) is 12.5. The third-order valence-electron chi connectivity index (χ3n) is 5.76. The van der Waals surface area contributed by atoms with Gasteiger partial charge in [-0.25, -0.2) is 9.13 Å². The lowest BCUT2D eigenvalue weighted by Gasteiger charge is -2.35. The van der Waals surface area contributed by atoms with E-state index >= 15 is 0 Å². The van der Waals surface area contributed by atoms with Crippen molar-refractivity contribution in [3.8, 4) is 0 Å². The summed E-state index contributed by atoms with van der Waals surface area (Å²) in [6.07, 6.45) is 3.95. The van der Waals surface area contributed by atoms with Gasteiger partial charge in [-0.15, -0.1) is 0 Å². The van der Waals surface area contributed by atoms with Crippen LogP contribution in [0.15, 0.2) is 40.8 Å². The van der Waals surface area contributed by atoms with Gasteiger partial charge in [0.05, 0.1) is 59.7 Å². The summed E-state index contributed by atoms with van der Waals surface area (Å²) >= 11 is 0. The molecule has 0 amide bonds. The smallest absolute Gasteiger partial charge is 0.421 e. The zero-order chi connectivity index (χ0) is 20.0. The highest BCUT2D eigenvalue weighted by Crippen LogP contribution is 2.26. The topological polar surface area (TPSA) is 36.8 Å². The number of hydrogen-bond donors (Lipinski definition) is 0. The van der Waals surface area contributed by atoms with E-state index in [1.165, 1.54) is 18.8 Å². The van der Waals surface area contributed by atoms with Crippen LogP contribution in [0.25, 0.3) is 0 Å². The summed E-state index contributed by atoms with van der Waals surface area (Å²) in [7, 11) is 6.29. The van der Waals surface area contributed by atoms with Crippen LogP contribution >= 0.6 is 0 Å². The number of anilines is 1. The predicted molar refractivity (Wildman–Crippen MR) is 112 cm³/mol. The molecule has 0 aliphatic heterocycles. The number of nitrogens with zero attached hydrogens (tertiary/aromatic N) is 6. The number of likely N-dealkylation sites (N-methyl/N-ethyl adjacent to an activating group) is 2. The molecule has 0 aliphatic carbocycles. The van der Waals surface area contributed by atoms with Gasteiger partial charge in [0.15, 0.2) is 0 Å². The number of aryl methyl sites for hydroxylation is 3. The molecule has 0 saturated heterocycles. The van der Waals surface area contributed by atoms with Crippen LogP contribution in [0.3, 0.4) is 0 Å². The van der Waals surface area contributed by atoms with Crippen molar-refractivity contribution in [3.63, 3.8) is 0 Å². The molecule has 164 valence electrons. The predicted octanol–water partition coefficient (Wildman–Crippen LogP) is -2.11. The highest BCUT2D eigenvalue weighted by molar-refractivity contribution is 5.57. The van der Waals surface area contributed by atoms with Crippen LogP contribution in [0, 0.1) is 6.92 Å². The van der Waals surface area contributed by atoms with E-state index in [4.69, 9.17) is 0 Å². The van der Waals surface area contributed by atoms with Crippen molar-refractivity contribution in [3.05, 3.63) is 36.2 Å². The van der Waals surface area contributed by atoms with Gasteiger partial charge in [-0.3, -0.25) is 0 Å². The fraction of sp³-hybridized carbons (Fsp3) is 0.571. The van der Waals surface area contributed by atoms with E-state index < -0.39 is 0 Å². The van der Waals surface area contributed by atoms with Gasteiger partial charge in [-0.05, 0) is 51.5 Å². The molecule has 2 aromatic rings. The standard InChI is InChI=1S/C21H36N6.2HI/c1-8-26(15-16-27(7,9-2)10-3)19-11-12-20(18(4)17-19)22-23-21-24(5)13-14-25(21)6;;/h11-14,17H,8-10,15-16H2,1-7H3;2*1H/q+2;;/p-2. The fourth-order valence-electron chi connectivity index (χ4n) is 3.14. The molecule has 2 rings (SSSR count). The van der Waals surface area contributed by atoms with Crippen LogP contribution < -0.4 is 57.4 Å². The van der Waals surface area contributed by atoms with Crippen molar-refractivity contribution >= 4 is 17.3 Å². The summed E-state index contributed by atoms with van der Waals surface area (Å²) in [5.74, 6) is 0.824. The Morgan fingerprint density at radius 1 is 1.10 bits per heavy atom. The zero-order valence-electron chi connectivity index (χ0n) is 18.9. The van der Waals surface area contributed by atoms with Crippen LogP contribution in [0.4, 0.5) is 17.3 Å². The van der Waals surface area contributed by atoms with E-state index in [1.807, 2.05) is 35.6 Å². The Morgan fingerprint density at radius 3 is 2.24 bits per heavy atom. The molecule has 8 heteroatoms. The Labute approximate surface area is 210 Å². The highest BCUT2D eigenvalue weighted by Gasteiger charge is 2.18. The van der Waals surface area contributed by atoms with Crippen LogP contribution in [0.1, 0.15) is 26.3 Å². The maximum absolute atomic E-state index is 4.47. The Hall–Kier alpha value is -0.750. The van der Waals surface area contributed by atoms with Crippen molar-refractivity contribution < 1.29 is 57.0 Å². The number of azo groups is 1. The second kappa shape index (κ2) is 12.8. The van der Waals surface area contributed by atoms with Gasteiger partial charge in [-0.1, -0.05) is 5.11 Å². The molecule has 1 heterocycles. The lowest BCUT2D eigenvalue weighted by Crippen LogP contribution is -3.00. The van der Waals surface area contributed by atoms with Gasteiger partial charge in [0.2, 0.25) is 0 Å². The van der Waals surface area contributed by atoms with Crippen molar-refractivity contribution in [2.75, 3.05) is 44.7 Å². The maximum Gasteiger partial charge on any atom is 0.421 e. The number of halogens is 2. The molecule has 0 saturated carbocycles. The van der Waals surface area contributed by atoms with Gasteiger partial charge in [0.1, 0.15) is 5.69 Å². The van der Waals surface area contributed by atoms with Gasteiger partial charge in [0, 0.05) is 17.3 Å². The molecule has 0 atom stereocenters. The number of imidazole rings is 1. The molecule has 1 aromatic heterocycles. The van der Waals surface area contributed by atoms with E-state index in [1.54, 1.807) is 0 Å². The summed E-state index contributed by atoms with van der Waals surface area (Å²) in [6, 6.07) is 6.47. The quantitative estimate of drug-likeness (QED) is 0.136. The molecule has 0 radical (unpaired) electrons. The third-order valence-corrected chi connectivity index (χ3v) is 5.76. The number of rotatable bonds is 9. The summed E-state index contributed by atoms with van der Waals surface area (Å²) < 4.78 is 5.03. The third kappa shape index (κ3) is 7.46. The zero-order valence-corrected chi connectivity index (χ0v) is 23.2. The number of hydrogen-bond acceptors (Lipinski definition) is 3. The van der Waals surface area contributed by atoms with E-state index in [0.29, 0.717) is 0 Å². The average molecular weight is 626 g/mol. The van der Waals surface area contributed by atoms with Crippen LogP contribution in [-0.4, -0.2) is 48.8 Å². The summed E-state index contributed by atoms with van der Waals surface area (Å²) in [5, 5.41) is 8.89. The fourth-order valence-corrected chi connectivity index (χ4v) is 3.14. The minimum Gasteiger partial charge on any atom is -1.00 e. The average Bonchev–Trinajstić information content (AvgIpc) is 2.99. The van der Waals surface area contributed by atoms with Crippen molar-refractivity contribution in [2.24, 2.45) is 24.3 Å². The van der Waals surface area contributed by atoms with Crippen LogP contribution in [0.2, 0.25) is 0 Å². The van der Waals surface area contributed by atoms with Crippen molar-refractivity contribution in [1.82, 2.24) is 4.57 Å². The molecule has 0 aliphatic rings. The first-order valence-electron chi connectivity index (χ1n) is 9.95. The maximum atomic E-state index is 4.47. The monoisotopic (exact) mass is 626 g/mol. The molecule has 1 aromatic carbocycles. The first-order valence-corrected chi connectivity index (χ1v) is 9.95. The number of benzene rings is 1. The highest BCUT2D eigenvalue weighted by atomic mass is 127. The molecular weight excluding hydrogens is 590 g/mol. The lowest BCUT2D eigenvalue weighted by molar-refractivity contribution is -0.904. The Bertz CT molecular complexity index is 764. The second-order valence-electron chi connectivity index (χ2n) is 7.55. The van der Waals surface area contributed by atoms with Crippen molar-refractivity contribution in [1.29, 1.82) is 0 Å². The van der Waals surface area contributed by atoms with E-state index in [2.05, 4.69) is 68.1 Å². The summed E-state index contributed by atoms with van der Waals surface area (Å²) in [6.45, 7) is 14.4. The van der Waals surface area contributed by atoms with Gasteiger partial charge in [0.25, 0.3) is 0 Å². The van der Waals surface area contributed by atoms with Crippen molar-refractivity contribution in [2.45, 2.75) is 27.7 Å². The molecular formula is C21H36I2N6. The normalized spacial score (nSPS) is 11.3. The van der Waals surface area contributed by atoms with Gasteiger partial charge in [-0.2, -0.15) is 0 Å². The summed E-state index contributed by atoms with van der Waals surface area (Å²) in [5.41, 5.74) is 3.32. The lowest BCUT2D eigenvalue weighted by atomic mass is 10.1. The Balaban J connectivity index is 0.00000392. The van der Waals surface area contributed by atoms with Gasteiger partial charge < -0.3 is 57.3 Å². The Morgan fingerprint density at radius 2 is 1.76 bits per heavy atom. The minimum atomic E-state index is 0. The van der Waals surface area contributed by atoms with Crippen LogP contribution in [-0.2, 0) is 14.1 Å². The SMILES string of the molecule is CCN(CC[N+](C)(CC)CC)c1ccc(N=Nc2n(C)cc[n+]2C)c(C)c1.[I-].[I-]. The molecule has 0 spiro atoms. The number of quaternary nitrogens is 1.